The van der Waals surface area contributed by atoms with Crippen molar-refractivity contribution in [1.82, 2.24) is 4.98 Å². The molecule has 122 valence electrons. The maximum absolute atomic E-state index is 6.07. The molecule has 0 aromatic carbocycles. The van der Waals surface area contributed by atoms with Crippen LogP contribution in [0.3, 0.4) is 0 Å². The molecule has 22 heavy (non-hydrogen) atoms. The van der Waals surface area contributed by atoms with Crippen LogP contribution in [-0.4, -0.2) is 11.1 Å². The van der Waals surface area contributed by atoms with Crippen molar-refractivity contribution < 1.29 is 4.74 Å². The van der Waals surface area contributed by atoms with Crippen molar-refractivity contribution in [2.75, 3.05) is 0 Å². The Kier molecular flexibility index (Phi) is 4.99. The molecule has 0 spiro atoms. The van der Waals surface area contributed by atoms with Crippen molar-refractivity contribution in [3.8, 4) is 0 Å². The lowest BCUT2D eigenvalue weighted by atomic mass is 9.79. The summed E-state index contributed by atoms with van der Waals surface area (Å²) in [6, 6.07) is 2.25. The van der Waals surface area contributed by atoms with E-state index >= 15 is 0 Å². The molecule has 0 bridgehead atoms. The Morgan fingerprint density at radius 1 is 1.05 bits per heavy atom. The molecule has 0 radical (unpaired) electrons. The van der Waals surface area contributed by atoms with Gasteiger partial charge in [-0.05, 0) is 42.9 Å². The smallest absolute Gasteiger partial charge is 0.0982 e. The van der Waals surface area contributed by atoms with E-state index in [0.29, 0.717) is 23.7 Å². The lowest BCUT2D eigenvalue weighted by Gasteiger charge is -2.33. The zero-order valence-electron chi connectivity index (χ0n) is 15.4. The maximum Gasteiger partial charge on any atom is 0.0982 e. The highest BCUT2D eigenvalue weighted by molar-refractivity contribution is 5.72. The van der Waals surface area contributed by atoms with E-state index < -0.39 is 0 Å². The number of pyridine rings is 1. The predicted octanol–water partition coefficient (Wildman–Crippen LogP) is 5.67. The summed E-state index contributed by atoms with van der Waals surface area (Å²) in [7, 11) is 0. The van der Waals surface area contributed by atoms with Crippen LogP contribution in [0.15, 0.2) is 12.3 Å². The van der Waals surface area contributed by atoms with Crippen molar-refractivity contribution in [2.45, 2.75) is 73.3 Å². The molecule has 0 N–H and O–H groups in total. The number of hydrogen-bond donors (Lipinski definition) is 0. The summed E-state index contributed by atoms with van der Waals surface area (Å²) in [4.78, 5) is 4.96. The summed E-state index contributed by atoms with van der Waals surface area (Å²) in [6.07, 6.45) is 2.21. The summed E-state index contributed by atoms with van der Waals surface area (Å²) in [6.45, 7) is 17.9. The van der Waals surface area contributed by atoms with E-state index in [0.717, 1.165) is 5.69 Å². The van der Waals surface area contributed by atoms with Crippen LogP contribution in [0.25, 0.3) is 5.57 Å². The first-order valence-electron chi connectivity index (χ1n) is 8.61. The SMILES string of the molecule is Cc1cc(C(C)C)c2c(n1)[C@H](C)[C@H](C)[C@H](C)O/C=C\2C(C)C. The van der Waals surface area contributed by atoms with Crippen LogP contribution in [0, 0.1) is 18.8 Å². The number of nitrogens with zero attached hydrogens (tertiary/aromatic N) is 1. The molecule has 2 rings (SSSR count). The molecule has 0 saturated carbocycles. The molecule has 1 aromatic heterocycles. The largest absolute Gasteiger partial charge is 0.498 e. The van der Waals surface area contributed by atoms with E-state index in [2.05, 4.69) is 61.5 Å². The average Bonchev–Trinajstić information content (AvgIpc) is 2.44. The fourth-order valence-corrected chi connectivity index (χ4v) is 3.27. The molecule has 2 heteroatoms. The highest BCUT2D eigenvalue weighted by Gasteiger charge is 2.30. The Morgan fingerprint density at radius 3 is 2.23 bits per heavy atom. The maximum atomic E-state index is 6.07. The number of hydrogen-bond acceptors (Lipinski definition) is 2. The van der Waals surface area contributed by atoms with Gasteiger partial charge >= 0.3 is 0 Å². The van der Waals surface area contributed by atoms with Crippen LogP contribution >= 0.6 is 0 Å². The van der Waals surface area contributed by atoms with Gasteiger partial charge in [-0.15, -0.1) is 0 Å². The van der Waals surface area contributed by atoms with E-state index in [9.17, 15) is 0 Å². The number of aryl methyl sites for hydroxylation is 1. The zero-order valence-corrected chi connectivity index (χ0v) is 15.4. The normalized spacial score (nSPS) is 27.7. The fourth-order valence-electron chi connectivity index (χ4n) is 3.27. The van der Waals surface area contributed by atoms with Gasteiger partial charge in [-0.25, -0.2) is 0 Å². The summed E-state index contributed by atoms with van der Waals surface area (Å²) in [5.74, 6) is 1.74. The quantitative estimate of drug-likeness (QED) is 0.702. The van der Waals surface area contributed by atoms with Gasteiger partial charge in [-0.1, -0.05) is 41.5 Å². The standard InChI is InChI=1S/C20H31NO/c1-11(2)17-9-13(5)21-20-15(7)14(6)16(8)22-10-18(12(3)4)19(17)20/h9-12,14-16H,1-8H3/b18-10-/t14-,15+,16-/m0/s1. The minimum atomic E-state index is 0.210. The third-order valence-electron chi connectivity index (χ3n) is 5.11. The molecule has 3 atom stereocenters. The van der Waals surface area contributed by atoms with Crippen molar-refractivity contribution in [3.63, 3.8) is 0 Å². The summed E-state index contributed by atoms with van der Waals surface area (Å²) < 4.78 is 6.07. The molecule has 2 heterocycles. The molecule has 1 aliphatic heterocycles. The van der Waals surface area contributed by atoms with Crippen LogP contribution in [0.4, 0.5) is 0 Å². The van der Waals surface area contributed by atoms with Crippen molar-refractivity contribution in [2.24, 2.45) is 11.8 Å². The van der Waals surface area contributed by atoms with E-state index in [1.165, 1.54) is 22.4 Å². The second-order valence-electron chi connectivity index (χ2n) is 7.48. The van der Waals surface area contributed by atoms with Gasteiger partial charge in [-0.3, -0.25) is 4.98 Å². The Bertz CT molecular complexity index is 571. The van der Waals surface area contributed by atoms with Gasteiger partial charge in [0.2, 0.25) is 0 Å². The average molecular weight is 301 g/mol. The minimum Gasteiger partial charge on any atom is -0.498 e. The van der Waals surface area contributed by atoms with Crippen molar-refractivity contribution in [3.05, 3.63) is 34.8 Å². The molecular weight excluding hydrogens is 270 g/mol. The van der Waals surface area contributed by atoms with Crippen LogP contribution in [0.1, 0.15) is 82.8 Å². The molecular formula is C20H31NO. The van der Waals surface area contributed by atoms with Gasteiger partial charge in [0, 0.05) is 23.1 Å². The lowest BCUT2D eigenvalue weighted by Crippen LogP contribution is -2.26. The molecule has 0 fully saturated rings. The van der Waals surface area contributed by atoms with Gasteiger partial charge in [0.05, 0.1) is 18.1 Å². The molecule has 2 nitrogen and oxygen atoms in total. The predicted molar refractivity (Wildman–Crippen MR) is 94.0 cm³/mol. The second kappa shape index (κ2) is 6.44. The van der Waals surface area contributed by atoms with Gasteiger partial charge < -0.3 is 4.74 Å². The third-order valence-corrected chi connectivity index (χ3v) is 5.11. The summed E-state index contributed by atoms with van der Waals surface area (Å²) >= 11 is 0. The van der Waals surface area contributed by atoms with E-state index in [1.54, 1.807) is 0 Å². The van der Waals surface area contributed by atoms with Gasteiger partial charge in [0.15, 0.2) is 0 Å². The topological polar surface area (TPSA) is 22.1 Å². The molecule has 1 aromatic rings. The molecule has 0 saturated heterocycles. The Morgan fingerprint density at radius 2 is 1.68 bits per heavy atom. The van der Waals surface area contributed by atoms with Gasteiger partial charge in [0.1, 0.15) is 0 Å². The minimum absolute atomic E-state index is 0.210. The Labute approximate surface area is 136 Å². The second-order valence-corrected chi connectivity index (χ2v) is 7.48. The van der Waals surface area contributed by atoms with Crippen LogP contribution < -0.4 is 0 Å². The lowest BCUT2D eigenvalue weighted by molar-refractivity contribution is 0.0967. The first kappa shape index (κ1) is 17.1. The van der Waals surface area contributed by atoms with Crippen LogP contribution in [0.5, 0.6) is 0 Å². The van der Waals surface area contributed by atoms with Crippen LogP contribution in [0.2, 0.25) is 0 Å². The molecule has 0 aliphatic carbocycles. The Balaban J connectivity index is 2.78. The first-order chi connectivity index (χ1) is 10.2. The number of allylic oxidation sites excluding steroid dienone is 1. The zero-order chi connectivity index (χ0) is 16.6. The van der Waals surface area contributed by atoms with Gasteiger partial charge in [-0.2, -0.15) is 0 Å². The molecule has 0 amide bonds. The molecule has 0 unspecified atom stereocenters. The van der Waals surface area contributed by atoms with Crippen LogP contribution in [-0.2, 0) is 4.74 Å². The summed E-state index contributed by atoms with van der Waals surface area (Å²) in [5.41, 5.74) is 6.41. The number of fused-ring (bicyclic) bond motifs is 1. The van der Waals surface area contributed by atoms with Crippen molar-refractivity contribution in [1.29, 1.82) is 0 Å². The highest BCUT2D eigenvalue weighted by Crippen LogP contribution is 2.40. The van der Waals surface area contributed by atoms with E-state index in [4.69, 9.17) is 9.72 Å². The first-order valence-corrected chi connectivity index (χ1v) is 8.61. The number of aromatic nitrogens is 1. The molecule has 1 aliphatic rings. The number of ether oxygens (including phenoxy) is 1. The van der Waals surface area contributed by atoms with Gasteiger partial charge in [0.25, 0.3) is 0 Å². The Hall–Kier alpha value is -1.31. The monoisotopic (exact) mass is 301 g/mol. The van der Waals surface area contributed by atoms with Crippen molar-refractivity contribution >= 4 is 5.57 Å². The highest BCUT2D eigenvalue weighted by atomic mass is 16.5. The summed E-state index contributed by atoms with van der Waals surface area (Å²) in [5, 5.41) is 0. The number of rotatable bonds is 2. The third kappa shape index (κ3) is 3.06. The van der Waals surface area contributed by atoms with E-state index in [1.807, 2.05) is 6.26 Å². The van der Waals surface area contributed by atoms with E-state index in [-0.39, 0.29) is 6.10 Å². The fraction of sp³-hybridized carbons (Fsp3) is 0.650.